The van der Waals surface area contributed by atoms with Crippen molar-refractivity contribution in [2.75, 3.05) is 13.2 Å². The summed E-state index contributed by atoms with van der Waals surface area (Å²) in [5, 5.41) is 7.89. The Hall–Kier alpha value is -4.59. The molecule has 0 radical (unpaired) electrons. The summed E-state index contributed by atoms with van der Waals surface area (Å²) in [6.45, 7) is 0.757. The Labute approximate surface area is 221 Å². The van der Waals surface area contributed by atoms with E-state index in [1.165, 1.54) is 5.56 Å². The maximum absolute atomic E-state index is 13.0. The van der Waals surface area contributed by atoms with E-state index in [2.05, 4.69) is 9.98 Å². The lowest BCUT2D eigenvalue weighted by Gasteiger charge is -2.23. The van der Waals surface area contributed by atoms with Gasteiger partial charge in [-0.2, -0.15) is 13.2 Å². The van der Waals surface area contributed by atoms with Gasteiger partial charge in [0.1, 0.15) is 5.75 Å². The van der Waals surface area contributed by atoms with Gasteiger partial charge in [-0.1, -0.05) is 30.3 Å². The average Bonchev–Trinajstić information content (AvgIpc) is 3.29. The number of carbonyl (C=O) groups excluding carboxylic acids is 2. The number of alkyl halides is 3. The zero-order valence-electron chi connectivity index (χ0n) is 20.7. The van der Waals surface area contributed by atoms with Crippen molar-refractivity contribution in [3.05, 3.63) is 65.9 Å². The Morgan fingerprint density at radius 3 is 2.21 bits per heavy atom. The Kier molecular flexibility index (Phi) is 10.4. The zero-order chi connectivity index (χ0) is 29.2. The Morgan fingerprint density at radius 1 is 1.00 bits per heavy atom. The van der Waals surface area contributed by atoms with E-state index in [9.17, 15) is 22.8 Å². The molecule has 1 amide bonds. The van der Waals surface area contributed by atoms with Crippen molar-refractivity contribution in [1.82, 2.24) is 4.98 Å². The number of carboxylic acids is 1. The number of halogens is 3. The number of nitrogens with one attached hydrogen (secondary N) is 1. The normalized spacial score (nSPS) is 12.5. The molecule has 10 N–H and O–H groups in total. The van der Waals surface area contributed by atoms with Crippen molar-refractivity contribution >= 4 is 34.5 Å². The molecule has 1 atom stereocenters. The summed E-state index contributed by atoms with van der Waals surface area (Å²) >= 11 is 0. The Morgan fingerprint density at radius 2 is 1.64 bits per heavy atom. The van der Waals surface area contributed by atoms with Gasteiger partial charge < -0.3 is 37.8 Å². The van der Waals surface area contributed by atoms with E-state index in [4.69, 9.17) is 37.6 Å². The van der Waals surface area contributed by atoms with Gasteiger partial charge in [-0.25, -0.2) is 4.79 Å². The highest BCUT2D eigenvalue weighted by molar-refractivity contribution is 6.17. The smallest absolute Gasteiger partial charge is 0.490 e. The van der Waals surface area contributed by atoms with E-state index >= 15 is 0 Å². The molecule has 0 bridgehead atoms. The summed E-state index contributed by atoms with van der Waals surface area (Å²) in [7, 11) is 0. The fourth-order valence-corrected chi connectivity index (χ4v) is 3.41. The molecule has 0 saturated heterocycles. The molecule has 14 heteroatoms. The second-order valence-corrected chi connectivity index (χ2v) is 8.39. The maximum Gasteiger partial charge on any atom is 0.490 e. The summed E-state index contributed by atoms with van der Waals surface area (Å²) < 4.78 is 37.6. The molecule has 0 saturated carbocycles. The molecule has 210 valence electrons. The number of rotatable bonds is 11. The van der Waals surface area contributed by atoms with Crippen LogP contribution in [-0.2, 0) is 16.0 Å². The third-order valence-corrected chi connectivity index (χ3v) is 5.45. The Balaban J connectivity index is 0.000000673. The molecule has 0 aliphatic heterocycles. The monoisotopic (exact) mass is 550 g/mol. The second kappa shape index (κ2) is 13.3. The predicted octanol–water partition coefficient (Wildman–Crippen LogP) is 1.84. The molecule has 0 spiro atoms. The minimum Gasteiger partial charge on any atom is -0.493 e. The highest BCUT2D eigenvalue weighted by Crippen LogP contribution is 2.25. The predicted molar refractivity (Wildman–Crippen MR) is 138 cm³/mol. The number of fused-ring (bicyclic) bond motifs is 1. The van der Waals surface area contributed by atoms with Crippen LogP contribution in [-0.4, -0.2) is 58.6 Å². The number of Topliss-reactive ketones (excluding diaryl/α,β-unsaturated/α-hetero) is 1. The van der Waals surface area contributed by atoms with Gasteiger partial charge in [0.15, 0.2) is 11.5 Å². The van der Waals surface area contributed by atoms with Crippen LogP contribution in [0.2, 0.25) is 0 Å². The molecule has 3 aromatic rings. The number of nitrogens with two attached hydrogens (primary N) is 4. The lowest BCUT2D eigenvalue weighted by atomic mass is 9.87. The van der Waals surface area contributed by atoms with Crippen LogP contribution in [0.15, 0.2) is 59.6 Å². The summed E-state index contributed by atoms with van der Waals surface area (Å²) in [5.74, 6) is -3.64. The third kappa shape index (κ3) is 9.03. The number of H-pyrrole nitrogens is 1. The van der Waals surface area contributed by atoms with Crippen LogP contribution in [0.25, 0.3) is 10.9 Å². The average molecular weight is 551 g/mol. The molecule has 2 aromatic carbocycles. The van der Waals surface area contributed by atoms with Crippen LogP contribution in [0.3, 0.4) is 0 Å². The minimum atomic E-state index is -5.08. The number of aromatic amines is 1. The van der Waals surface area contributed by atoms with E-state index < -0.39 is 29.4 Å². The first-order chi connectivity index (χ1) is 18.2. The molecular formula is C25H29F3N6O5. The summed E-state index contributed by atoms with van der Waals surface area (Å²) in [6.07, 6.45) is -3.96. The second-order valence-electron chi connectivity index (χ2n) is 8.39. The molecule has 1 heterocycles. The highest BCUT2D eigenvalue weighted by atomic mass is 19.4. The van der Waals surface area contributed by atoms with E-state index in [-0.39, 0.29) is 24.6 Å². The van der Waals surface area contributed by atoms with Gasteiger partial charge in [-0.05, 0) is 42.7 Å². The standard InChI is InChI=1S/C23H28N6O3.C2HF3O2/c24-21(31)23(27,10-4-11-28-22(25)26)20(30)19-14-16-13-17(7-8-18(16)29-19)32-12-9-15-5-2-1-3-6-15;3-2(4,5)1(6)7/h1-3,5-8,13-14,29H,4,9-12,27H2,(H2,24,31)(H4,25,26,28);(H,6,7)/t23-;/m1./s1. The van der Waals surface area contributed by atoms with Crippen LogP contribution < -0.4 is 27.7 Å². The van der Waals surface area contributed by atoms with Gasteiger partial charge in [0.05, 0.1) is 12.3 Å². The number of ether oxygens (including phenoxy) is 1. The van der Waals surface area contributed by atoms with Crippen molar-refractivity contribution in [3.8, 4) is 5.75 Å². The van der Waals surface area contributed by atoms with Crippen LogP contribution in [0.4, 0.5) is 13.2 Å². The third-order valence-electron chi connectivity index (χ3n) is 5.45. The zero-order valence-corrected chi connectivity index (χ0v) is 20.7. The largest absolute Gasteiger partial charge is 0.493 e. The van der Waals surface area contributed by atoms with E-state index in [1.807, 2.05) is 48.5 Å². The number of hydrogen-bond donors (Lipinski definition) is 6. The number of aliphatic imine (C=N–C) groups is 1. The number of benzene rings is 2. The molecule has 1 aromatic heterocycles. The number of ketones is 1. The van der Waals surface area contributed by atoms with Gasteiger partial charge in [0, 0.05) is 23.9 Å². The molecule has 39 heavy (non-hydrogen) atoms. The number of nitrogens with zero attached hydrogens (tertiary/aromatic N) is 1. The van der Waals surface area contributed by atoms with Gasteiger partial charge in [-0.3, -0.25) is 14.6 Å². The number of amides is 1. The van der Waals surface area contributed by atoms with Crippen LogP contribution in [0.5, 0.6) is 5.75 Å². The molecule has 3 rings (SSSR count). The number of guanidine groups is 1. The molecular weight excluding hydrogens is 521 g/mol. The molecule has 11 nitrogen and oxygen atoms in total. The fourth-order valence-electron chi connectivity index (χ4n) is 3.41. The molecule has 0 aliphatic rings. The van der Waals surface area contributed by atoms with Crippen molar-refractivity contribution in [2.45, 2.75) is 31.0 Å². The summed E-state index contributed by atoms with van der Waals surface area (Å²) in [5.41, 5.74) is 22.4. The summed E-state index contributed by atoms with van der Waals surface area (Å²) in [6, 6.07) is 17.1. The van der Waals surface area contributed by atoms with E-state index in [0.29, 0.717) is 18.8 Å². The van der Waals surface area contributed by atoms with Gasteiger partial charge in [-0.15, -0.1) is 0 Å². The first-order valence-corrected chi connectivity index (χ1v) is 11.5. The van der Waals surface area contributed by atoms with Gasteiger partial charge >= 0.3 is 12.1 Å². The molecule has 0 fully saturated rings. The quantitative estimate of drug-likeness (QED) is 0.0679. The van der Waals surface area contributed by atoms with Crippen LogP contribution in [0.1, 0.15) is 28.9 Å². The highest BCUT2D eigenvalue weighted by Gasteiger charge is 2.41. The number of hydrogen-bond acceptors (Lipinski definition) is 6. The van der Waals surface area contributed by atoms with Crippen LogP contribution in [0, 0.1) is 0 Å². The lowest BCUT2D eigenvalue weighted by molar-refractivity contribution is -0.192. The molecule has 0 aliphatic carbocycles. The first-order valence-electron chi connectivity index (χ1n) is 11.5. The van der Waals surface area contributed by atoms with Gasteiger partial charge in [0.25, 0.3) is 0 Å². The van der Waals surface area contributed by atoms with E-state index in [0.717, 1.165) is 17.3 Å². The number of carbonyl (C=O) groups is 3. The van der Waals surface area contributed by atoms with Crippen LogP contribution >= 0.6 is 0 Å². The number of aliphatic carboxylic acids is 1. The van der Waals surface area contributed by atoms with Crippen molar-refractivity contribution in [3.63, 3.8) is 0 Å². The van der Waals surface area contributed by atoms with Crippen molar-refractivity contribution in [1.29, 1.82) is 0 Å². The minimum absolute atomic E-state index is 0.0150. The molecule has 0 unspecified atom stereocenters. The van der Waals surface area contributed by atoms with Crippen molar-refractivity contribution in [2.24, 2.45) is 27.9 Å². The topological polar surface area (TPSA) is 213 Å². The van der Waals surface area contributed by atoms with Crippen molar-refractivity contribution < 1.29 is 37.4 Å². The number of aromatic nitrogens is 1. The van der Waals surface area contributed by atoms with Gasteiger partial charge in [0.2, 0.25) is 11.7 Å². The SMILES string of the molecule is NC(=O)[C@@](N)(CCCN=C(N)N)C(=O)c1cc2cc(OCCc3ccccc3)ccc2[nH]1.O=C(O)C(F)(F)F. The fraction of sp³-hybridized carbons (Fsp3) is 0.280. The lowest BCUT2D eigenvalue weighted by Crippen LogP contribution is -2.58. The maximum atomic E-state index is 13.0. The first kappa shape index (κ1) is 30.6. The summed E-state index contributed by atoms with van der Waals surface area (Å²) in [4.78, 5) is 40.8. The van der Waals surface area contributed by atoms with E-state index in [1.54, 1.807) is 6.07 Å². The number of carboxylic acid groups (broad SMARTS) is 1. The number of primary amides is 1. The Bertz CT molecular complexity index is 1320.